The van der Waals surface area contributed by atoms with E-state index in [9.17, 15) is 0 Å². The molecule has 0 heterocycles. The van der Waals surface area contributed by atoms with Crippen LogP contribution in [0.4, 0.5) is 51.2 Å². The van der Waals surface area contributed by atoms with Crippen molar-refractivity contribution in [2.24, 2.45) is 0 Å². The number of benzene rings is 22. The number of para-hydroxylation sites is 6. The Balaban J connectivity index is 0.935. The van der Waals surface area contributed by atoms with E-state index in [4.69, 9.17) is 0 Å². The number of hydrogen-bond donors (Lipinski definition) is 0. The summed E-state index contributed by atoms with van der Waals surface area (Å²) in [4.78, 5) is 7.13. The molecule has 0 aliphatic heterocycles. The fourth-order valence-corrected chi connectivity index (χ4v) is 18.3. The van der Waals surface area contributed by atoms with Gasteiger partial charge in [-0.3, -0.25) is 0 Å². The molecule has 22 rings (SSSR count). The number of rotatable bonds is 15. The average Bonchev–Trinajstić information content (AvgIpc) is 0.701. The highest BCUT2D eigenvalue weighted by molar-refractivity contribution is 6.29. The van der Waals surface area contributed by atoms with Gasteiger partial charge in [-0.25, -0.2) is 0 Å². The Morgan fingerprint density at radius 1 is 0.108 bits per heavy atom. The Morgan fingerprint density at radius 3 is 0.450 bits per heavy atom. The van der Waals surface area contributed by atoms with Crippen molar-refractivity contribution in [3.63, 3.8) is 0 Å². The maximum absolute atomic E-state index is 2.52. The standard InChI is InChI=1S/C108H69N3/c1-7-28-88(29-8-1)109(89-30-9-2-10-31-89)94-58-52-76(53-59-94)103-106(85-64-79-46-40-70-22-19-23-71-41-47-80(65-85)100(79)97(70)71)104(77-54-60-95(61-55-77)110(90-32-11-3-12-33-90)91-34-13-4-14-35-91)108(87-68-83-50-44-74-26-21-27-75-45-51-84(69-87)102(83)99(74)75)105(78-56-62-96(63-57-78)111(92-36-15-5-16-37-92)93-38-17-6-18-39-93)107(103)86-66-81-48-42-72-24-20-25-73-43-49-82(67-86)101(81)98(72)73/h1-69H. The van der Waals surface area contributed by atoms with Gasteiger partial charge in [0, 0.05) is 51.2 Å². The molecule has 0 saturated heterocycles. The number of hydrogen-bond acceptors (Lipinski definition) is 3. The summed E-state index contributed by atoms with van der Waals surface area (Å²) in [5, 5.41) is 22.2. The summed E-state index contributed by atoms with van der Waals surface area (Å²) in [5.74, 6) is 0. The van der Waals surface area contributed by atoms with Crippen LogP contribution in [-0.4, -0.2) is 0 Å². The van der Waals surface area contributed by atoms with E-state index in [0.717, 1.165) is 118 Å². The highest BCUT2D eigenvalue weighted by Crippen LogP contribution is 2.59. The third-order valence-corrected chi connectivity index (χ3v) is 23.1. The van der Waals surface area contributed by atoms with Crippen LogP contribution in [0.1, 0.15) is 0 Å². The molecular weight excluding hydrogens is 1340 g/mol. The van der Waals surface area contributed by atoms with Gasteiger partial charge in [0.15, 0.2) is 0 Å². The molecule has 516 valence electrons. The third-order valence-electron chi connectivity index (χ3n) is 23.1. The predicted octanol–water partition coefficient (Wildman–Crippen LogP) is 30.8. The van der Waals surface area contributed by atoms with Crippen molar-refractivity contribution in [1.29, 1.82) is 0 Å². The largest absolute Gasteiger partial charge is 0.311 e. The van der Waals surface area contributed by atoms with Gasteiger partial charge >= 0.3 is 0 Å². The van der Waals surface area contributed by atoms with Gasteiger partial charge in [-0.05, 0) is 309 Å². The first-order valence-electron chi connectivity index (χ1n) is 38.4. The zero-order valence-electron chi connectivity index (χ0n) is 60.7. The van der Waals surface area contributed by atoms with Crippen molar-refractivity contribution < 1.29 is 0 Å². The molecule has 0 atom stereocenters. The second kappa shape index (κ2) is 26.1. The minimum atomic E-state index is 1.05. The molecular formula is C108H69N3. The van der Waals surface area contributed by atoms with Crippen molar-refractivity contribution in [3.05, 3.63) is 419 Å². The summed E-state index contributed by atoms with van der Waals surface area (Å²) in [6.45, 7) is 0. The minimum absolute atomic E-state index is 1.05. The van der Waals surface area contributed by atoms with E-state index in [2.05, 4.69) is 433 Å². The van der Waals surface area contributed by atoms with Crippen LogP contribution in [0.2, 0.25) is 0 Å². The summed E-state index contributed by atoms with van der Waals surface area (Å²) in [7, 11) is 0. The maximum atomic E-state index is 2.52. The van der Waals surface area contributed by atoms with Crippen LogP contribution in [0.15, 0.2) is 419 Å². The normalized spacial score (nSPS) is 11.8. The lowest BCUT2D eigenvalue weighted by Gasteiger charge is -2.31. The Morgan fingerprint density at radius 2 is 0.261 bits per heavy atom. The van der Waals surface area contributed by atoms with Gasteiger partial charge in [-0.1, -0.05) is 273 Å². The molecule has 111 heavy (non-hydrogen) atoms. The number of nitrogens with zero attached hydrogens (tertiary/aromatic N) is 3. The van der Waals surface area contributed by atoms with Crippen molar-refractivity contribution in [3.8, 4) is 66.8 Å². The van der Waals surface area contributed by atoms with Crippen molar-refractivity contribution in [1.82, 2.24) is 0 Å². The van der Waals surface area contributed by atoms with E-state index in [-0.39, 0.29) is 0 Å². The average molecular weight is 1410 g/mol. The first kappa shape index (κ1) is 63.6. The van der Waals surface area contributed by atoms with Crippen molar-refractivity contribution in [2.75, 3.05) is 14.7 Å². The molecule has 0 saturated carbocycles. The van der Waals surface area contributed by atoms with Crippen LogP contribution in [-0.2, 0) is 0 Å². The molecule has 22 aromatic rings. The van der Waals surface area contributed by atoms with E-state index in [1.54, 1.807) is 0 Å². The molecule has 0 aliphatic carbocycles. The van der Waals surface area contributed by atoms with Gasteiger partial charge in [0.2, 0.25) is 0 Å². The summed E-state index contributed by atoms with van der Waals surface area (Å²) in [6.07, 6.45) is 0. The molecule has 0 bridgehead atoms. The van der Waals surface area contributed by atoms with Crippen LogP contribution in [0.25, 0.3) is 164 Å². The second-order valence-electron chi connectivity index (χ2n) is 29.4. The molecule has 0 radical (unpaired) electrons. The molecule has 0 aliphatic rings. The summed E-state index contributed by atoms with van der Waals surface area (Å²) < 4.78 is 0. The van der Waals surface area contributed by atoms with Gasteiger partial charge in [0.25, 0.3) is 0 Å². The first-order chi connectivity index (χ1) is 55.0. The predicted molar refractivity (Wildman–Crippen MR) is 474 cm³/mol. The molecule has 0 fully saturated rings. The maximum Gasteiger partial charge on any atom is 0.0462 e. The zero-order chi connectivity index (χ0) is 73.0. The fourth-order valence-electron chi connectivity index (χ4n) is 18.3. The topological polar surface area (TPSA) is 9.72 Å². The molecule has 0 N–H and O–H groups in total. The van der Waals surface area contributed by atoms with Crippen LogP contribution in [0.5, 0.6) is 0 Å². The van der Waals surface area contributed by atoms with E-state index in [1.165, 1.54) is 97.0 Å². The lowest BCUT2D eigenvalue weighted by Crippen LogP contribution is -2.10. The summed E-state index contributed by atoms with van der Waals surface area (Å²) in [6, 6.07) is 157. The molecule has 3 nitrogen and oxygen atoms in total. The number of anilines is 9. The Labute approximate surface area is 643 Å². The Bertz CT molecular complexity index is 6230. The molecule has 0 spiro atoms. The molecule has 22 aromatic carbocycles. The van der Waals surface area contributed by atoms with Crippen molar-refractivity contribution in [2.45, 2.75) is 0 Å². The van der Waals surface area contributed by atoms with E-state index in [1.807, 2.05) is 0 Å². The van der Waals surface area contributed by atoms with Crippen LogP contribution in [0.3, 0.4) is 0 Å². The van der Waals surface area contributed by atoms with Gasteiger partial charge < -0.3 is 14.7 Å². The highest BCUT2D eigenvalue weighted by atomic mass is 15.2. The first-order valence-corrected chi connectivity index (χ1v) is 38.4. The van der Waals surface area contributed by atoms with Crippen LogP contribution < -0.4 is 14.7 Å². The fraction of sp³-hybridized carbons (Fsp3) is 0. The quantitative estimate of drug-likeness (QED) is 0.0947. The molecule has 0 amide bonds. The third kappa shape index (κ3) is 10.7. The minimum Gasteiger partial charge on any atom is -0.311 e. The van der Waals surface area contributed by atoms with Gasteiger partial charge in [0.05, 0.1) is 0 Å². The van der Waals surface area contributed by atoms with E-state index in [0.29, 0.717) is 0 Å². The van der Waals surface area contributed by atoms with Gasteiger partial charge in [-0.15, -0.1) is 0 Å². The Hall–Kier alpha value is -14.6. The molecule has 0 aromatic heterocycles. The summed E-state index contributed by atoms with van der Waals surface area (Å²) >= 11 is 0. The van der Waals surface area contributed by atoms with Gasteiger partial charge in [-0.2, -0.15) is 0 Å². The molecule has 3 heteroatoms. The SMILES string of the molecule is c1ccc(N(c2ccccc2)c2ccc(-c3c(-c4cc5ccc6cccc7ccc(c4)c5c67)c(-c4ccc(N(c5ccccc5)c5ccccc5)cc4)c(-c4cc5ccc6cccc7ccc(c4)c5c67)c(-c4ccc(N(c5ccccc5)c5ccccc5)cc4)c3-c3cc4ccc5cccc6ccc(c3)c4c56)cc2)cc1. The lowest BCUT2D eigenvalue weighted by atomic mass is 9.73. The highest BCUT2D eigenvalue weighted by Gasteiger charge is 2.32. The van der Waals surface area contributed by atoms with Crippen molar-refractivity contribution >= 4 is 148 Å². The van der Waals surface area contributed by atoms with Crippen LogP contribution >= 0.6 is 0 Å². The zero-order valence-corrected chi connectivity index (χ0v) is 60.7. The van der Waals surface area contributed by atoms with Gasteiger partial charge in [0.1, 0.15) is 0 Å². The van der Waals surface area contributed by atoms with Crippen LogP contribution in [0, 0.1) is 0 Å². The Kier molecular flexibility index (Phi) is 15.0. The van der Waals surface area contributed by atoms with E-state index < -0.39 is 0 Å². The summed E-state index contributed by atoms with van der Waals surface area (Å²) in [5.41, 5.74) is 22.9. The second-order valence-corrected chi connectivity index (χ2v) is 29.4. The monoisotopic (exact) mass is 1410 g/mol. The smallest absolute Gasteiger partial charge is 0.0462 e. The lowest BCUT2D eigenvalue weighted by molar-refractivity contribution is 1.28. The molecule has 0 unspecified atom stereocenters. The van der Waals surface area contributed by atoms with E-state index >= 15 is 0 Å².